The summed E-state index contributed by atoms with van der Waals surface area (Å²) in [5.41, 5.74) is -0.182. The van der Waals surface area contributed by atoms with Gasteiger partial charge in [0, 0.05) is 25.0 Å². The molecule has 0 bridgehead atoms. The van der Waals surface area contributed by atoms with Crippen LogP contribution in [0.5, 0.6) is 0 Å². The van der Waals surface area contributed by atoms with Crippen LogP contribution in [-0.4, -0.2) is 41.5 Å². The van der Waals surface area contributed by atoms with Crippen LogP contribution in [0.25, 0.3) is 0 Å². The lowest BCUT2D eigenvalue weighted by atomic mass is 10.3. The Morgan fingerprint density at radius 2 is 2.36 bits per heavy atom. The number of aromatic nitrogens is 2. The average molecular weight is 196 g/mol. The highest BCUT2D eigenvalue weighted by Crippen LogP contribution is 1.95. The van der Waals surface area contributed by atoms with Crippen molar-refractivity contribution in [1.82, 2.24) is 14.9 Å². The molecule has 14 heavy (non-hydrogen) atoms. The molecule has 1 heterocycles. The number of H-pyrrole nitrogens is 1. The SMILES string of the molecule is C[C@@H](CN(C)C)Nc1ncc[nH]c1=O. The first-order valence-electron chi connectivity index (χ1n) is 4.54. The topological polar surface area (TPSA) is 61.0 Å². The van der Waals surface area contributed by atoms with Crippen LogP contribution < -0.4 is 10.9 Å². The van der Waals surface area contributed by atoms with Gasteiger partial charge in [-0.05, 0) is 21.0 Å². The summed E-state index contributed by atoms with van der Waals surface area (Å²) in [7, 11) is 3.97. The summed E-state index contributed by atoms with van der Waals surface area (Å²) in [5, 5.41) is 3.04. The molecule has 1 rings (SSSR count). The summed E-state index contributed by atoms with van der Waals surface area (Å²) in [5.74, 6) is 0.377. The third-order valence-corrected chi connectivity index (χ3v) is 1.73. The molecule has 78 valence electrons. The van der Waals surface area contributed by atoms with E-state index in [0.717, 1.165) is 6.54 Å². The number of hydrogen-bond donors (Lipinski definition) is 2. The molecule has 5 nitrogen and oxygen atoms in total. The van der Waals surface area contributed by atoms with Gasteiger partial charge in [-0.1, -0.05) is 0 Å². The lowest BCUT2D eigenvalue weighted by Gasteiger charge is -2.17. The first-order chi connectivity index (χ1) is 6.59. The molecule has 1 aromatic rings. The first kappa shape index (κ1) is 10.7. The van der Waals surface area contributed by atoms with Gasteiger partial charge in [0.05, 0.1) is 0 Å². The number of rotatable bonds is 4. The number of likely N-dealkylation sites (N-methyl/N-ethyl adjacent to an activating group) is 1. The molecule has 0 amide bonds. The molecule has 0 saturated heterocycles. The van der Waals surface area contributed by atoms with Gasteiger partial charge in [-0.15, -0.1) is 0 Å². The lowest BCUT2D eigenvalue weighted by molar-refractivity contribution is 0.391. The predicted molar refractivity (Wildman–Crippen MR) is 56.5 cm³/mol. The number of anilines is 1. The number of nitrogens with zero attached hydrogens (tertiary/aromatic N) is 2. The number of nitrogens with one attached hydrogen (secondary N) is 2. The Morgan fingerprint density at radius 3 is 2.93 bits per heavy atom. The summed E-state index contributed by atoms with van der Waals surface area (Å²) < 4.78 is 0. The van der Waals surface area contributed by atoms with Gasteiger partial charge >= 0.3 is 0 Å². The second kappa shape index (κ2) is 4.76. The van der Waals surface area contributed by atoms with E-state index in [1.165, 1.54) is 6.20 Å². The largest absolute Gasteiger partial charge is 0.362 e. The molecule has 0 aromatic carbocycles. The van der Waals surface area contributed by atoms with Gasteiger partial charge in [0.1, 0.15) is 0 Å². The van der Waals surface area contributed by atoms with E-state index < -0.39 is 0 Å². The minimum Gasteiger partial charge on any atom is -0.362 e. The van der Waals surface area contributed by atoms with Crippen LogP contribution in [0.1, 0.15) is 6.92 Å². The van der Waals surface area contributed by atoms with Crippen molar-refractivity contribution in [3.8, 4) is 0 Å². The van der Waals surface area contributed by atoms with Crippen LogP contribution in [-0.2, 0) is 0 Å². The molecule has 1 aromatic heterocycles. The molecule has 0 unspecified atom stereocenters. The van der Waals surface area contributed by atoms with Crippen LogP contribution >= 0.6 is 0 Å². The predicted octanol–water partition coefficient (Wildman–Crippen LogP) is 0.132. The Morgan fingerprint density at radius 1 is 1.64 bits per heavy atom. The lowest BCUT2D eigenvalue weighted by Crippen LogP contribution is -2.32. The van der Waals surface area contributed by atoms with Crippen molar-refractivity contribution in [2.45, 2.75) is 13.0 Å². The second-order valence-electron chi connectivity index (χ2n) is 3.57. The highest BCUT2D eigenvalue weighted by Gasteiger charge is 2.06. The van der Waals surface area contributed by atoms with Crippen molar-refractivity contribution in [3.63, 3.8) is 0 Å². The van der Waals surface area contributed by atoms with E-state index in [0.29, 0.717) is 5.82 Å². The summed E-state index contributed by atoms with van der Waals surface area (Å²) in [4.78, 5) is 19.8. The Kier molecular flexibility index (Phi) is 3.64. The summed E-state index contributed by atoms with van der Waals surface area (Å²) >= 11 is 0. The summed E-state index contributed by atoms with van der Waals surface area (Å²) in [6.45, 7) is 2.87. The fourth-order valence-electron chi connectivity index (χ4n) is 1.28. The van der Waals surface area contributed by atoms with Crippen molar-refractivity contribution in [2.24, 2.45) is 0 Å². The molecule has 2 N–H and O–H groups in total. The van der Waals surface area contributed by atoms with Crippen LogP contribution in [0.4, 0.5) is 5.82 Å². The Balaban J connectivity index is 2.60. The third-order valence-electron chi connectivity index (χ3n) is 1.73. The van der Waals surface area contributed by atoms with Crippen LogP contribution in [0, 0.1) is 0 Å². The van der Waals surface area contributed by atoms with E-state index in [2.05, 4.69) is 20.2 Å². The van der Waals surface area contributed by atoms with Gasteiger partial charge in [0.15, 0.2) is 5.82 Å². The zero-order valence-electron chi connectivity index (χ0n) is 8.74. The Labute approximate surface area is 83.2 Å². The maximum Gasteiger partial charge on any atom is 0.290 e. The fourth-order valence-corrected chi connectivity index (χ4v) is 1.28. The van der Waals surface area contributed by atoms with E-state index in [4.69, 9.17) is 0 Å². The van der Waals surface area contributed by atoms with Gasteiger partial charge in [0.2, 0.25) is 0 Å². The molecular formula is C9H16N4O. The molecule has 0 aliphatic carbocycles. The van der Waals surface area contributed by atoms with Gasteiger partial charge in [0.25, 0.3) is 5.56 Å². The van der Waals surface area contributed by atoms with Crippen molar-refractivity contribution < 1.29 is 0 Å². The normalized spacial score (nSPS) is 12.9. The molecule has 0 saturated carbocycles. The maximum atomic E-state index is 11.2. The molecule has 0 aliphatic rings. The minimum absolute atomic E-state index is 0.182. The zero-order chi connectivity index (χ0) is 10.6. The third kappa shape index (κ3) is 3.18. The molecule has 0 aliphatic heterocycles. The molecule has 0 fully saturated rings. The zero-order valence-corrected chi connectivity index (χ0v) is 8.74. The monoisotopic (exact) mass is 196 g/mol. The first-order valence-corrected chi connectivity index (χ1v) is 4.54. The molecule has 1 atom stereocenters. The van der Waals surface area contributed by atoms with Gasteiger partial charge in [-0.25, -0.2) is 4.98 Å². The molecular weight excluding hydrogens is 180 g/mol. The minimum atomic E-state index is -0.182. The van der Waals surface area contributed by atoms with E-state index in [1.807, 2.05) is 21.0 Å². The van der Waals surface area contributed by atoms with Gasteiger partial charge in [-0.2, -0.15) is 0 Å². The van der Waals surface area contributed by atoms with Crippen LogP contribution in [0.15, 0.2) is 17.2 Å². The van der Waals surface area contributed by atoms with Crippen molar-refractivity contribution in [1.29, 1.82) is 0 Å². The molecule has 5 heteroatoms. The average Bonchev–Trinajstić information content (AvgIpc) is 2.07. The van der Waals surface area contributed by atoms with E-state index >= 15 is 0 Å². The summed E-state index contributed by atoms with van der Waals surface area (Å²) in [6.07, 6.45) is 3.08. The molecule has 0 radical (unpaired) electrons. The van der Waals surface area contributed by atoms with Crippen LogP contribution in [0.3, 0.4) is 0 Å². The number of hydrogen-bond acceptors (Lipinski definition) is 4. The van der Waals surface area contributed by atoms with Crippen LogP contribution in [0.2, 0.25) is 0 Å². The van der Waals surface area contributed by atoms with E-state index in [9.17, 15) is 4.79 Å². The van der Waals surface area contributed by atoms with Gasteiger partial charge < -0.3 is 15.2 Å². The van der Waals surface area contributed by atoms with Crippen molar-refractivity contribution in [3.05, 3.63) is 22.7 Å². The fraction of sp³-hybridized carbons (Fsp3) is 0.556. The summed E-state index contributed by atoms with van der Waals surface area (Å²) in [6, 6.07) is 0.195. The van der Waals surface area contributed by atoms with Gasteiger partial charge in [-0.3, -0.25) is 4.79 Å². The molecule has 0 spiro atoms. The quantitative estimate of drug-likeness (QED) is 0.718. The smallest absolute Gasteiger partial charge is 0.290 e. The number of aromatic amines is 1. The standard InChI is InChI=1S/C9H16N4O/c1-7(6-13(2)3)12-8-9(14)11-5-4-10-8/h4-5,7H,6H2,1-3H3,(H,10,12)(H,11,14)/t7-/m0/s1. The van der Waals surface area contributed by atoms with Crippen molar-refractivity contribution >= 4 is 5.82 Å². The highest BCUT2D eigenvalue weighted by atomic mass is 16.1. The van der Waals surface area contributed by atoms with Crippen molar-refractivity contribution in [2.75, 3.05) is 26.0 Å². The highest BCUT2D eigenvalue weighted by molar-refractivity contribution is 5.31. The van der Waals surface area contributed by atoms with E-state index in [-0.39, 0.29) is 11.6 Å². The Hall–Kier alpha value is -1.36. The Bertz CT molecular complexity index is 334. The van der Waals surface area contributed by atoms with E-state index in [1.54, 1.807) is 6.20 Å². The second-order valence-corrected chi connectivity index (χ2v) is 3.57. The maximum absolute atomic E-state index is 11.2.